The quantitative estimate of drug-likeness (QED) is 0.142. The second-order valence-corrected chi connectivity index (χ2v) is 12.0. The van der Waals surface area contributed by atoms with Crippen molar-refractivity contribution in [3.8, 4) is 17.2 Å². The maximum atomic E-state index is 9.00. The van der Waals surface area contributed by atoms with Gasteiger partial charge in [-0.1, -0.05) is 103 Å². The van der Waals surface area contributed by atoms with Crippen LogP contribution in [-0.2, 0) is 6.42 Å². The first-order valence-corrected chi connectivity index (χ1v) is 15.9. The number of aromatic nitrogens is 4. The maximum absolute atomic E-state index is 9.00. The Morgan fingerprint density at radius 3 is 2.44 bits per heavy atom. The molecule has 0 saturated carbocycles. The average Bonchev–Trinajstić information content (AvgIpc) is 3.86. The molecule has 10 aromatic rings. The molecule has 0 saturated heterocycles. The number of fused-ring (bicyclic) bond motifs is 7. The van der Waals surface area contributed by atoms with Gasteiger partial charge in [-0.15, -0.1) is 0 Å². The van der Waals surface area contributed by atoms with Crippen LogP contribution in [0.5, 0.6) is 0 Å². The van der Waals surface area contributed by atoms with Crippen molar-refractivity contribution in [3.05, 3.63) is 175 Å². The Bertz CT molecular complexity index is 3050. The van der Waals surface area contributed by atoms with E-state index in [2.05, 4.69) is 70.1 Å². The van der Waals surface area contributed by atoms with Crippen LogP contribution in [0.4, 0.5) is 0 Å². The van der Waals surface area contributed by atoms with Crippen LogP contribution in [0.15, 0.2) is 162 Å². The minimum absolute atomic E-state index is 0.0713. The molecule has 0 spiro atoms. The summed E-state index contributed by atoms with van der Waals surface area (Å²) in [5.74, 6) is 0.546. The van der Waals surface area contributed by atoms with Crippen molar-refractivity contribution >= 4 is 54.8 Å². The zero-order valence-electron chi connectivity index (χ0n) is 29.6. The molecule has 0 N–H and O–H groups in total. The van der Waals surface area contributed by atoms with Gasteiger partial charge >= 0.3 is 0 Å². The van der Waals surface area contributed by atoms with Crippen molar-refractivity contribution in [3.63, 3.8) is 0 Å². The van der Waals surface area contributed by atoms with Crippen LogP contribution in [0, 0.1) is 6.33 Å². The summed E-state index contributed by atoms with van der Waals surface area (Å²) in [7, 11) is 0. The summed E-state index contributed by atoms with van der Waals surface area (Å²) in [4.78, 5) is 4.78. The first-order chi connectivity index (χ1) is 25.4. The van der Waals surface area contributed by atoms with Gasteiger partial charge < -0.3 is 4.42 Å². The topological polar surface area (TPSA) is 39.8 Å². The Kier molecular flexibility index (Phi) is 5.04. The minimum Gasteiger partial charge on any atom is -0.454 e. The van der Waals surface area contributed by atoms with Crippen molar-refractivity contribution in [1.29, 1.82) is 0 Å². The summed E-state index contributed by atoms with van der Waals surface area (Å²) in [5.41, 5.74) is 8.81. The van der Waals surface area contributed by atoms with E-state index in [0.717, 1.165) is 60.8 Å². The SMILES string of the molecule is [2H]c1c([2H])c([2H])c2c(c1[2H])c1ccc(Cc3cccc(-n4[c-][n+](-c5ccccc5)c5ccccc54)c3)cc1n2-c1cc2c(cn1)oc1ccccc12. The fraction of sp³-hybridized carbons (Fsp3) is 0.0233. The van der Waals surface area contributed by atoms with Gasteiger partial charge in [0.25, 0.3) is 6.33 Å². The second kappa shape index (κ2) is 10.5. The maximum Gasteiger partial charge on any atom is 0.269 e. The van der Waals surface area contributed by atoms with Gasteiger partial charge in [0.2, 0.25) is 0 Å². The van der Waals surface area contributed by atoms with Gasteiger partial charge in [0.1, 0.15) is 11.4 Å². The summed E-state index contributed by atoms with van der Waals surface area (Å²) < 4.78 is 47.0. The number of rotatable bonds is 5. The Hall–Kier alpha value is -6.46. The molecule has 0 fully saturated rings. The van der Waals surface area contributed by atoms with Crippen molar-refractivity contribution < 1.29 is 14.5 Å². The van der Waals surface area contributed by atoms with Gasteiger partial charge in [0, 0.05) is 21.5 Å². The lowest BCUT2D eigenvalue weighted by Gasteiger charge is -2.09. The van der Waals surface area contributed by atoms with E-state index in [1.165, 1.54) is 0 Å². The van der Waals surface area contributed by atoms with Crippen LogP contribution in [0.3, 0.4) is 0 Å². The smallest absolute Gasteiger partial charge is 0.269 e. The number of hydrogen-bond donors (Lipinski definition) is 0. The van der Waals surface area contributed by atoms with Gasteiger partial charge in [0.05, 0.1) is 45.1 Å². The van der Waals surface area contributed by atoms with Crippen molar-refractivity contribution in [2.24, 2.45) is 0 Å². The third kappa shape index (κ3) is 4.18. The number of hydrogen-bond acceptors (Lipinski definition) is 2. The lowest BCUT2D eigenvalue weighted by molar-refractivity contribution is -0.572. The molecular formula is C43H28N4O. The Labute approximate surface area is 281 Å². The molecule has 5 heteroatoms. The largest absolute Gasteiger partial charge is 0.454 e. The zero-order chi connectivity index (χ0) is 35.1. The van der Waals surface area contributed by atoms with Crippen molar-refractivity contribution in [1.82, 2.24) is 14.1 Å². The van der Waals surface area contributed by atoms with E-state index >= 15 is 0 Å². The van der Waals surface area contributed by atoms with E-state index in [9.17, 15) is 0 Å². The van der Waals surface area contributed by atoms with Crippen LogP contribution in [-0.4, -0.2) is 14.1 Å². The lowest BCUT2D eigenvalue weighted by Crippen LogP contribution is -2.29. The van der Waals surface area contributed by atoms with Gasteiger partial charge in [-0.25, -0.2) is 4.98 Å². The summed E-state index contributed by atoms with van der Waals surface area (Å²) in [6, 6.07) is 42.1. The number of nitrogens with zero attached hydrogens (tertiary/aromatic N) is 4. The molecule has 0 amide bonds. The average molecular weight is 621 g/mol. The molecule has 4 heterocycles. The van der Waals surface area contributed by atoms with E-state index < -0.39 is 0 Å². The number of imidazole rings is 1. The molecule has 0 aliphatic heterocycles. The molecule has 5 nitrogen and oxygen atoms in total. The predicted octanol–water partition coefficient (Wildman–Crippen LogP) is 9.69. The highest BCUT2D eigenvalue weighted by Gasteiger charge is 2.17. The molecule has 226 valence electrons. The van der Waals surface area contributed by atoms with E-state index in [4.69, 9.17) is 14.9 Å². The highest BCUT2D eigenvalue weighted by molar-refractivity contribution is 6.10. The van der Waals surface area contributed by atoms with E-state index in [-0.39, 0.29) is 24.2 Å². The lowest BCUT2D eigenvalue weighted by atomic mass is 10.0. The van der Waals surface area contributed by atoms with Gasteiger partial charge in [0.15, 0.2) is 5.58 Å². The molecule has 6 aromatic carbocycles. The summed E-state index contributed by atoms with van der Waals surface area (Å²) >= 11 is 0. The zero-order valence-corrected chi connectivity index (χ0v) is 25.6. The monoisotopic (exact) mass is 620 g/mol. The molecule has 0 unspecified atom stereocenters. The van der Waals surface area contributed by atoms with Crippen LogP contribution in [0.1, 0.15) is 16.6 Å². The summed E-state index contributed by atoms with van der Waals surface area (Å²) in [5, 5.41) is 3.03. The minimum atomic E-state index is -0.281. The molecule has 0 radical (unpaired) electrons. The van der Waals surface area contributed by atoms with Gasteiger partial charge in [-0.3, -0.25) is 13.7 Å². The highest BCUT2D eigenvalue weighted by atomic mass is 16.3. The van der Waals surface area contributed by atoms with E-state index in [1.54, 1.807) is 6.20 Å². The standard InChI is InChI=1S/C43H28N4O/c1-2-12-31(13-3-1)45-28-46(39-19-8-7-18-38(39)45)32-14-10-11-29(24-32)23-30-21-22-34-33-15-4-6-17-37(33)47(40(34)25-30)43-26-36-35-16-5-9-20-41(35)48-42(36)27-44-43/h1-22,24-27H,23H2/i4D,6D,15D,17D. The van der Waals surface area contributed by atoms with Crippen LogP contribution in [0.2, 0.25) is 0 Å². The second-order valence-electron chi connectivity index (χ2n) is 12.0. The number of benzene rings is 6. The van der Waals surface area contributed by atoms with E-state index in [0.29, 0.717) is 28.7 Å². The van der Waals surface area contributed by atoms with Crippen LogP contribution in [0.25, 0.3) is 72.0 Å². The van der Waals surface area contributed by atoms with Crippen molar-refractivity contribution in [2.45, 2.75) is 6.42 Å². The molecule has 48 heavy (non-hydrogen) atoms. The number of pyridine rings is 1. The first-order valence-electron chi connectivity index (χ1n) is 17.9. The molecule has 0 aliphatic rings. The predicted molar refractivity (Wildman–Crippen MR) is 192 cm³/mol. The molecule has 0 aliphatic carbocycles. The Morgan fingerprint density at radius 1 is 0.646 bits per heavy atom. The third-order valence-electron chi connectivity index (χ3n) is 9.10. The van der Waals surface area contributed by atoms with E-state index in [1.807, 2.05) is 77.4 Å². The molecular weight excluding hydrogens is 589 g/mol. The number of para-hydroxylation sites is 5. The third-order valence-corrected chi connectivity index (χ3v) is 9.10. The van der Waals surface area contributed by atoms with Gasteiger partial charge in [-0.05, 0) is 66.1 Å². The fourth-order valence-electron chi connectivity index (χ4n) is 6.92. The highest BCUT2D eigenvalue weighted by Crippen LogP contribution is 2.35. The summed E-state index contributed by atoms with van der Waals surface area (Å²) in [6.45, 7) is 0. The number of furan rings is 1. The molecule has 0 bridgehead atoms. The Balaban J connectivity index is 1.13. The first kappa shape index (κ1) is 23.0. The normalized spacial score (nSPS) is 13.0. The van der Waals surface area contributed by atoms with Crippen LogP contribution >= 0.6 is 0 Å². The fourth-order valence-corrected chi connectivity index (χ4v) is 6.92. The molecule has 4 aromatic heterocycles. The van der Waals surface area contributed by atoms with Crippen molar-refractivity contribution in [2.75, 3.05) is 0 Å². The van der Waals surface area contributed by atoms with Gasteiger partial charge in [-0.2, -0.15) is 0 Å². The molecule has 0 atom stereocenters. The van der Waals surface area contributed by atoms with Crippen LogP contribution < -0.4 is 4.57 Å². The Morgan fingerprint density at radius 2 is 1.48 bits per heavy atom. The summed E-state index contributed by atoms with van der Waals surface area (Å²) in [6.07, 6.45) is 5.88. The molecule has 10 rings (SSSR count).